The fourth-order valence-corrected chi connectivity index (χ4v) is 2.38. The summed E-state index contributed by atoms with van der Waals surface area (Å²) >= 11 is 5.41. The Morgan fingerprint density at radius 3 is 2.20 bits per heavy atom. The number of nitrogens with one attached hydrogen (secondary N) is 1. The highest BCUT2D eigenvalue weighted by Gasteiger charge is 2.10. The zero-order valence-electron chi connectivity index (χ0n) is 10.1. The van der Waals surface area contributed by atoms with Gasteiger partial charge in [-0.2, -0.15) is 0 Å². The molecule has 1 amide bonds. The van der Waals surface area contributed by atoms with E-state index in [0.29, 0.717) is 15.7 Å². The first-order chi connectivity index (χ1) is 9.47. The molecule has 0 aromatic heterocycles. The van der Waals surface area contributed by atoms with Gasteiger partial charge in [0.15, 0.2) is 0 Å². The highest BCUT2D eigenvalue weighted by Crippen LogP contribution is 2.24. The fraction of sp³-hybridized carbons (Fsp3) is 0. The van der Waals surface area contributed by atoms with Gasteiger partial charge in [-0.15, -0.1) is 0 Å². The molecule has 0 saturated heterocycles. The fourth-order valence-electron chi connectivity index (χ4n) is 1.55. The number of hydrogen-bond acceptors (Lipinski definition) is 2. The molecule has 0 aliphatic carbocycles. The lowest BCUT2D eigenvalue weighted by atomic mass is 10.2. The maximum atomic E-state index is 12.0. The van der Waals surface area contributed by atoms with E-state index < -0.39 is 5.97 Å². The number of hydrogen-bond donors (Lipinski definition) is 2. The number of carboxylic acid groups (broad SMARTS) is 1. The number of benzene rings is 2. The van der Waals surface area contributed by atoms with Crippen LogP contribution in [0, 0.1) is 3.57 Å². The average molecular weight is 446 g/mol. The third-order valence-corrected chi connectivity index (χ3v) is 3.95. The summed E-state index contributed by atoms with van der Waals surface area (Å²) in [5.41, 5.74) is 1.22. The van der Waals surface area contributed by atoms with Crippen LogP contribution < -0.4 is 5.32 Å². The van der Waals surface area contributed by atoms with Crippen LogP contribution in [0.3, 0.4) is 0 Å². The zero-order valence-corrected chi connectivity index (χ0v) is 13.8. The van der Waals surface area contributed by atoms with Gasteiger partial charge in [0.05, 0.1) is 11.3 Å². The lowest BCUT2D eigenvalue weighted by molar-refractivity contribution is 0.0696. The van der Waals surface area contributed by atoms with Crippen molar-refractivity contribution in [3.05, 3.63) is 61.6 Å². The van der Waals surface area contributed by atoms with Crippen LogP contribution in [-0.4, -0.2) is 17.0 Å². The largest absolute Gasteiger partial charge is 0.478 e. The smallest absolute Gasteiger partial charge is 0.335 e. The number of anilines is 1. The monoisotopic (exact) mass is 445 g/mol. The highest BCUT2D eigenvalue weighted by atomic mass is 127. The molecule has 4 nitrogen and oxygen atoms in total. The predicted molar refractivity (Wildman–Crippen MR) is 88.2 cm³/mol. The SMILES string of the molecule is O=C(O)c1ccc(NC(=O)c2ccc(I)cc2)c(Br)c1. The summed E-state index contributed by atoms with van der Waals surface area (Å²) in [4.78, 5) is 22.9. The average Bonchev–Trinajstić information content (AvgIpc) is 2.41. The van der Waals surface area contributed by atoms with Crippen molar-refractivity contribution in [1.82, 2.24) is 0 Å². The summed E-state index contributed by atoms with van der Waals surface area (Å²) in [6.45, 7) is 0. The minimum atomic E-state index is -1.01. The van der Waals surface area contributed by atoms with Crippen molar-refractivity contribution in [2.45, 2.75) is 0 Å². The van der Waals surface area contributed by atoms with E-state index in [2.05, 4.69) is 43.8 Å². The molecular weight excluding hydrogens is 437 g/mol. The van der Waals surface area contributed by atoms with Gasteiger partial charge in [-0.05, 0) is 81.0 Å². The van der Waals surface area contributed by atoms with Gasteiger partial charge in [-0.3, -0.25) is 4.79 Å². The quantitative estimate of drug-likeness (QED) is 0.701. The van der Waals surface area contributed by atoms with E-state index in [4.69, 9.17) is 5.11 Å². The van der Waals surface area contributed by atoms with Crippen molar-refractivity contribution in [3.63, 3.8) is 0 Å². The Morgan fingerprint density at radius 2 is 1.65 bits per heavy atom. The van der Waals surface area contributed by atoms with Crippen LogP contribution in [0.5, 0.6) is 0 Å². The van der Waals surface area contributed by atoms with Gasteiger partial charge in [0, 0.05) is 13.6 Å². The molecular formula is C14H9BrINO3. The van der Waals surface area contributed by atoms with Crippen molar-refractivity contribution < 1.29 is 14.7 Å². The summed E-state index contributed by atoms with van der Waals surface area (Å²) < 4.78 is 1.57. The second-order valence-corrected chi connectivity index (χ2v) is 6.06. The molecule has 2 aromatic carbocycles. The third kappa shape index (κ3) is 3.57. The topological polar surface area (TPSA) is 66.4 Å². The Hall–Kier alpha value is -1.41. The summed E-state index contributed by atoms with van der Waals surface area (Å²) in [5, 5.41) is 11.6. The second-order valence-electron chi connectivity index (χ2n) is 3.96. The van der Waals surface area contributed by atoms with Crippen molar-refractivity contribution in [1.29, 1.82) is 0 Å². The molecule has 2 N–H and O–H groups in total. The zero-order chi connectivity index (χ0) is 14.7. The number of amides is 1. The third-order valence-electron chi connectivity index (χ3n) is 2.57. The van der Waals surface area contributed by atoms with Crippen molar-refractivity contribution in [3.8, 4) is 0 Å². The molecule has 0 heterocycles. The van der Waals surface area contributed by atoms with Gasteiger partial charge in [-0.25, -0.2) is 4.79 Å². The summed E-state index contributed by atoms with van der Waals surface area (Å²) in [6, 6.07) is 11.6. The molecule has 0 aliphatic rings. The van der Waals surface area contributed by atoms with Crippen LogP contribution in [0.25, 0.3) is 0 Å². The summed E-state index contributed by atoms with van der Waals surface area (Å²) in [7, 11) is 0. The van der Waals surface area contributed by atoms with Gasteiger partial charge in [-0.1, -0.05) is 0 Å². The Balaban J connectivity index is 2.19. The summed E-state index contributed by atoms with van der Waals surface area (Å²) in [5.74, 6) is -1.26. The Bertz CT molecular complexity index is 671. The normalized spacial score (nSPS) is 10.1. The Kier molecular flexibility index (Phi) is 4.77. The van der Waals surface area contributed by atoms with Gasteiger partial charge in [0.1, 0.15) is 0 Å². The highest BCUT2D eigenvalue weighted by molar-refractivity contribution is 14.1. The van der Waals surface area contributed by atoms with Crippen LogP contribution in [-0.2, 0) is 0 Å². The molecule has 6 heteroatoms. The van der Waals surface area contributed by atoms with Crippen LogP contribution in [0.2, 0.25) is 0 Å². The van der Waals surface area contributed by atoms with E-state index in [1.165, 1.54) is 12.1 Å². The van der Waals surface area contributed by atoms with Gasteiger partial charge < -0.3 is 10.4 Å². The van der Waals surface area contributed by atoms with Crippen LogP contribution in [0.1, 0.15) is 20.7 Å². The van der Waals surface area contributed by atoms with E-state index in [-0.39, 0.29) is 11.5 Å². The van der Waals surface area contributed by atoms with E-state index in [1.54, 1.807) is 18.2 Å². The van der Waals surface area contributed by atoms with E-state index in [9.17, 15) is 9.59 Å². The van der Waals surface area contributed by atoms with E-state index in [0.717, 1.165) is 3.57 Å². The predicted octanol–water partition coefficient (Wildman–Crippen LogP) is 4.00. The molecule has 0 atom stereocenters. The molecule has 0 bridgehead atoms. The Labute approximate surface area is 137 Å². The van der Waals surface area contributed by atoms with Gasteiger partial charge in [0.25, 0.3) is 5.91 Å². The second kappa shape index (κ2) is 6.36. The molecule has 0 saturated carbocycles. The number of carboxylic acids is 1. The number of rotatable bonds is 3. The molecule has 0 radical (unpaired) electrons. The van der Waals surface area contributed by atoms with Crippen molar-refractivity contribution in [2.75, 3.05) is 5.32 Å². The number of carbonyl (C=O) groups excluding carboxylic acids is 1. The van der Waals surface area contributed by atoms with Crippen LogP contribution in [0.15, 0.2) is 46.9 Å². The standard InChI is InChI=1S/C14H9BrINO3/c15-11-7-9(14(19)20)3-6-12(11)17-13(18)8-1-4-10(16)5-2-8/h1-7H,(H,17,18)(H,19,20). The first-order valence-corrected chi connectivity index (χ1v) is 7.44. The maximum absolute atomic E-state index is 12.0. The molecule has 102 valence electrons. The van der Waals surface area contributed by atoms with Crippen molar-refractivity contribution in [2.24, 2.45) is 0 Å². The first kappa shape index (κ1) is 15.0. The van der Waals surface area contributed by atoms with Crippen LogP contribution in [0.4, 0.5) is 5.69 Å². The van der Waals surface area contributed by atoms with Gasteiger partial charge in [0.2, 0.25) is 0 Å². The Morgan fingerprint density at radius 1 is 1.05 bits per heavy atom. The summed E-state index contributed by atoms with van der Waals surface area (Å²) in [6.07, 6.45) is 0. The number of carbonyl (C=O) groups is 2. The maximum Gasteiger partial charge on any atom is 0.335 e. The van der Waals surface area contributed by atoms with Crippen molar-refractivity contribution >= 4 is 56.1 Å². The minimum absolute atomic E-state index is 0.157. The lowest BCUT2D eigenvalue weighted by Gasteiger charge is -2.08. The van der Waals surface area contributed by atoms with E-state index in [1.807, 2.05) is 12.1 Å². The minimum Gasteiger partial charge on any atom is -0.478 e. The van der Waals surface area contributed by atoms with E-state index >= 15 is 0 Å². The number of halogens is 2. The molecule has 0 fully saturated rings. The molecule has 20 heavy (non-hydrogen) atoms. The molecule has 2 aromatic rings. The lowest BCUT2D eigenvalue weighted by Crippen LogP contribution is -2.12. The first-order valence-electron chi connectivity index (χ1n) is 5.57. The molecule has 0 aliphatic heterocycles. The molecule has 2 rings (SSSR count). The molecule has 0 unspecified atom stereocenters. The van der Waals surface area contributed by atoms with Gasteiger partial charge >= 0.3 is 5.97 Å². The van der Waals surface area contributed by atoms with Crippen LogP contribution >= 0.6 is 38.5 Å². The number of aromatic carboxylic acids is 1. The molecule has 0 spiro atoms.